The second-order valence-electron chi connectivity index (χ2n) is 4.14. The predicted octanol–water partition coefficient (Wildman–Crippen LogP) is 2.78. The Balaban J connectivity index is 2.42. The fourth-order valence-corrected chi connectivity index (χ4v) is 3.01. The summed E-state index contributed by atoms with van der Waals surface area (Å²) in [5, 5.41) is 3.32. The quantitative estimate of drug-likeness (QED) is 0.913. The van der Waals surface area contributed by atoms with Gasteiger partial charge in [-0.05, 0) is 31.7 Å². The predicted molar refractivity (Wildman–Crippen MR) is 77.3 cm³/mol. The van der Waals surface area contributed by atoms with Gasteiger partial charge in [-0.2, -0.15) is 0 Å². The minimum atomic E-state index is 0.118. The van der Waals surface area contributed by atoms with Gasteiger partial charge in [-0.15, -0.1) is 11.3 Å². The van der Waals surface area contributed by atoms with E-state index in [0.29, 0.717) is 0 Å². The topological polar surface area (TPSA) is 43.4 Å². The Morgan fingerprint density at radius 2 is 1.95 bits per heavy atom. The maximum Gasteiger partial charge on any atom is 0.161 e. The molecule has 0 amide bonds. The zero-order valence-corrected chi connectivity index (χ0v) is 12.4. The smallest absolute Gasteiger partial charge is 0.161 e. The van der Waals surface area contributed by atoms with Crippen LogP contribution in [0.2, 0.25) is 0 Å². The highest BCUT2D eigenvalue weighted by Gasteiger charge is 2.18. The van der Waals surface area contributed by atoms with E-state index in [-0.39, 0.29) is 6.04 Å². The number of hydrogen-bond donors (Lipinski definition) is 1. The van der Waals surface area contributed by atoms with E-state index in [1.165, 1.54) is 4.88 Å². The average molecular weight is 278 g/mol. The van der Waals surface area contributed by atoms with Crippen LogP contribution < -0.4 is 14.8 Å². The van der Waals surface area contributed by atoms with E-state index in [0.717, 1.165) is 22.8 Å². The summed E-state index contributed by atoms with van der Waals surface area (Å²) >= 11 is 1.65. The van der Waals surface area contributed by atoms with Gasteiger partial charge in [0.2, 0.25) is 0 Å². The second-order valence-corrected chi connectivity index (χ2v) is 5.02. The molecule has 4 nitrogen and oxygen atoms in total. The van der Waals surface area contributed by atoms with Crippen molar-refractivity contribution in [2.24, 2.45) is 0 Å². The molecule has 0 bridgehead atoms. The van der Waals surface area contributed by atoms with Crippen LogP contribution in [0.1, 0.15) is 22.2 Å². The van der Waals surface area contributed by atoms with Crippen molar-refractivity contribution in [3.8, 4) is 11.5 Å². The van der Waals surface area contributed by atoms with Crippen LogP contribution in [0.3, 0.4) is 0 Å². The molecule has 102 valence electrons. The van der Waals surface area contributed by atoms with Crippen molar-refractivity contribution in [3.05, 3.63) is 39.8 Å². The first kappa shape index (κ1) is 13.8. The summed E-state index contributed by atoms with van der Waals surface area (Å²) in [7, 11) is 5.23. The minimum Gasteiger partial charge on any atom is -0.493 e. The Hall–Kier alpha value is -1.59. The molecule has 0 radical (unpaired) electrons. The molecule has 1 N–H and O–H groups in total. The molecule has 0 aliphatic heterocycles. The zero-order chi connectivity index (χ0) is 13.8. The van der Waals surface area contributed by atoms with Crippen molar-refractivity contribution in [1.29, 1.82) is 0 Å². The van der Waals surface area contributed by atoms with E-state index in [9.17, 15) is 0 Å². The van der Waals surface area contributed by atoms with E-state index >= 15 is 0 Å². The van der Waals surface area contributed by atoms with Crippen LogP contribution in [0.25, 0.3) is 0 Å². The lowest BCUT2D eigenvalue weighted by molar-refractivity contribution is 0.354. The Bertz CT molecular complexity index is 554. The molecule has 1 unspecified atom stereocenters. The van der Waals surface area contributed by atoms with Crippen LogP contribution in [0.5, 0.6) is 11.5 Å². The number of methoxy groups -OCH3 is 2. The molecule has 1 aromatic carbocycles. The fourth-order valence-electron chi connectivity index (χ4n) is 2.07. The van der Waals surface area contributed by atoms with E-state index in [1.807, 2.05) is 37.7 Å². The molecule has 2 aromatic rings. The number of aromatic nitrogens is 1. The number of nitrogens with one attached hydrogen (secondary N) is 1. The first-order valence-electron chi connectivity index (χ1n) is 6.00. The van der Waals surface area contributed by atoms with Crippen LogP contribution in [0.4, 0.5) is 0 Å². The molecule has 19 heavy (non-hydrogen) atoms. The molecule has 0 aliphatic carbocycles. The summed E-state index contributed by atoms with van der Waals surface area (Å²) in [6, 6.07) is 6.09. The van der Waals surface area contributed by atoms with Gasteiger partial charge < -0.3 is 14.8 Å². The number of ether oxygens (including phenoxy) is 2. The van der Waals surface area contributed by atoms with Crippen LogP contribution in [-0.4, -0.2) is 26.3 Å². The van der Waals surface area contributed by atoms with Crippen molar-refractivity contribution in [2.75, 3.05) is 21.3 Å². The third-order valence-corrected chi connectivity index (χ3v) is 4.07. The second kappa shape index (κ2) is 6.04. The van der Waals surface area contributed by atoms with Crippen molar-refractivity contribution >= 4 is 11.3 Å². The first-order chi connectivity index (χ1) is 9.21. The lowest BCUT2D eigenvalue weighted by Gasteiger charge is -2.17. The molecule has 0 aliphatic rings. The van der Waals surface area contributed by atoms with Gasteiger partial charge in [-0.1, -0.05) is 6.07 Å². The maximum absolute atomic E-state index is 5.35. The number of aryl methyl sites for hydroxylation is 1. The van der Waals surface area contributed by atoms with Gasteiger partial charge in [-0.3, -0.25) is 0 Å². The van der Waals surface area contributed by atoms with Crippen LogP contribution in [0, 0.1) is 6.92 Å². The van der Waals surface area contributed by atoms with Gasteiger partial charge in [-0.25, -0.2) is 4.98 Å². The van der Waals surface area contributed by atoms with Crippen LogP contribution in [0.15, 0.2) is 23.7 Å². The van der Waals surface area contributed by atoms with Crippen LogP contribution in [-0.2, 0) is 0 Å². The molecule has 0 saturated heterocycles. The lowest BCUT2D eigenvalue weighted by atomic mass is 10.0. The summed E-state index contributed by atoms with van der Waals surface area (Å²) in [4.78, 5) is 5.53. The van der Waals surface area contributed by atoms with E-state index in [2.05, 4.69) is 10.3 Å². The molecule has 0 spiro atoms. The minimum absolute atomic E-state index is 0.118. The number of nitrogens with zero attached hydrogens (tertiary/aromatic N) is 1. The third kappa shape index (κ3) is 2.72. The molecule has 0 saturated carbocycles. The first-order valence-corrected chi connectivity index (χ1v) is 6.88. The summed E-state index contributed by atoms with van der Waals surface area (Å²) in [5.74, 6) is 1.48. The number of rotatable bonds is 5. The third-order valence-electron chi connectivity index (χ3n) is 3.07. The standard InChI is InChI=1S/C14H18N2O2S/c1-9-14(19-8-16-9)13(15-2)10-5-6-11(17-3)12(7-10)18-4/h5-8,13,15H,1-4H3. The van der Waals surface area contributed by atoms with Gasteiger partial charge in [0, 0.05) is 4.88 Å². The highest BCUT2D eigenvalue weighted by molar-refractivity contribution is 7.09. The highest BCUT2D eigenvalue weighted by Crippen LogP contribution is 2.34. The summed E-state index contributed by atoms with van der Waals surface area (Å²) in [6.07, 6.45) is 0. The largest absolute Gasteiger partial charge is 0.493 e. The van der Waals surface area contributed by atoms with Gasteiger partial charge in [0.25, 0.3) is 0 Å². The molecular weight excluding hydrogens is 260 g/mol. The Morgan fingerprint density at radius 1 is 1.21 bits per heavy atom. The lowest BCUT2D eigenvalue weighted by Crippen LogP contribution is -2.17. The van der Waals surface area contributed by atoms with Crippen molar-refractivity contribution in [3.63, 3.8) is 0 Å². The van der Waals surface area contributed by atoms with Crippen molar-refractivity contribution in [2.45, 2.75) is 13.0 Å². The average Bonchev–Trinajstić information content (AvgIpc) is 2.86. The SMILES string of the molecule is CNC(c1ccc(OC)c(OC)c1)c1scnc1C. The van der Waals surface area contributed by atoms with Crippen LogP contribution >= 0.6 is 11.3 Å². The number of thiazole rings is 1. The van der Waals surface area contributed by atoms with Gasteiger partial charge in [0.1, 0.15) is 0 Å². The summed E-state index contributed by atoms with van der Waals surface area (Å²) in [5.41, 5.74) is 4.06. The van der Waals surface area contributed by atoms with Gasteiger partial charge in [0.05, 0.1) is 31.5 Å². The molecule has 0 fully saturated rings. The molecule has 2 rings (SSSR count). The van der Waals surface area contributed by atoms with Gasteiger partial charge in [0.15, 0.2) is 11.5 Å². The monoisotopic (exact) mass is 278 g/mol. The zero-order valence-electron chi connectivity index (χ0n) is 11.6. The van der Waals surface area contributed by atoms with E-state index in [1.54, 1.807) is 25.6 Å². The molecule has 1 heterocycles. The maximum atomic E-state index is 5.35. The van der Waals surface area contributed by atoms with Crippen molar-refractivity contribution < 1.29 is 9.47 Å². The highest BCUT2D eigenvalue weighted by atomic mass is 32.1. The number of hydrogen-bond acceptors (Lipinski definition) is 5. The van der Waals surface area contributed by atoms with Gasteiger partial charge >= 0.3 is 0 Å². The molecule has 1 atom stereocenters. The summed E-state index contributed by atoms with van der Waals surface area (Å²) in [6.45, 7) is 2.02. The molecular formula is C14H18N2O2S. The fraction of sp³-hybridized carbons (Fsp3) is 0.357. The summed E-state index contributed by atoms with van der Waals surface area (Å²) < 4.78 is 10.6. The Kier molecular flexibility index (Phi) is 4.39. The van der Waals surface area contributed by atoms with E-state index < -0.39 is 0 Å². The molecule has 5 heteroatoms. The molecule has 1 aromatic heterocycles. The number of benzene rings is 1. The Labute approximate surface area is 117 Å². The van der Waals surface area contributed by atoms with Crippen molar-refractivity contribution in [1.82, 2.24) is 10.3 Å². The Morgan fingerprint density at radius 3 is 2.47 bits per heavy atom. The van der Waals surface area contributed by atoms with E-state index in [4.69, 9.17) is 9.47 Å². The normalized spacial score (nSPS) is 12.2.